The van der Waals surface area contributed by atoms with E-state index in [1.54, 1.807) is 12.1 Å². The number of rotatable bonds is 5. The minimum absolute atomic E-state index is 0.110. The van der Waals surface area contributed by atoms with E-state index in [0.717, 1.165) is 12.5 Å². The van der Waals surface area contributed by atoms with Crippen LogP contribution in [0.3, 0.4) is 0 Å². The standard InChI is InChI=1S/C22H22F2N2O5/c1-22(23,24)17-5-3-14(4-6-17)15-11-16(20(27)30-2)13-26(12-15)21(28)31-19-9-7-18(25-29)8-10-19/h3-10,15-16H,11-13H2,1-2H3. The van der Waals surface area contributed by atoms with Crippen molar-refractivity contribution < 1.29 is 27.8 Å². The molecule has 0 bridgehead atoms. The van der Waals surface area contributed by atoms with E-state index in [1.807, 2.05) is 0 Å². The summed E-state index contributed by atoms with van der Waals surface area (Å²) >= 11 is 0. The van der Waals surface area contributed by atoms with Gasteiger partial charge in [0, 0.05) is 31.5 Å². The SMILES string of the molecule is COC(=O)C1CC(c2ccc(C(C)(F)F)cc2)CN(C(=O)Oc2ccc(N=O)cc2)C1. The molecule has 2 aromatic carbocycles. The summed E-state index contributed by atoms with van der Waals surface area (Å²) in [6, 6.07) is 11.6. The Balaban J connectivity index is 1.78. The molecule has 1 amide bonds. The molecule has 0 aromatic heterocycles. The molecule has 9 heteroatoms. The monoisotopic (exact) mass is 432 g/mol. The van der Waals surface area contributed by atoms with Crippen LogP contribution in [0.15, 0.2) is 53.7 Å². The molecule has 0 aliphatic carbocycles. The van der Waals surface area contributed by atoms with Gasteiger partial charge in [-0.1, -0.05) is 24.3 Å². The molecule has 1 heterocycles. The van der Waals surface area contributed by atoms with Crippen LogP contribution in [0.1, 0.15) is 30.4 Å². The van der Waals surface area contributed by atoms with Crippen LogP contribution in [-0.2, 0) is 15.5 Å². The summed E-state index contributed by atoms with van der Waals surface area (Å²) in [5, 5.41) is 2.78. The van der Waals surface area contributed by atoms with Crippen LogP contribution in [0.5, 0.6) is 5.75 Å². The van der Waals surface area contributed by atoms with E-state index < -0.39 is 23.9 Å². The van der Waals surface area contributed by atoms with Crippen LogP contribution in [0.2, 0.25) is 0 Å². The number of nitroso groups, excluding NO2 is 1. The maximum absolute atomic E-state index is 13.5. The fourth-order valence-electron chi connectivity index (χ4n) is 3.62. The first-order valence-electron chi connectivity index (χ1n) is 9.67. The number of piperidine rings is 1. The van der Waals surface area contributed by atoms with Crippen molar-refractivity contribution in [2.75, 3.05) is 20.2 Å². The number of carbonyl (C=O) groups excluding carboxylic acids is 2. The lowest BCUT2D eigenvalue weighted by atomic mass is 9.84. The summed E-state index contributed by atoms with van der Waals surface area (Å²) in [7, 11) is 1.27. The number of nitrogens with zero attached hydrogens (tertiary/aromatic N) is 2. The Bertz CT molecular complexity index is 942. The highest BCUT2D eigenvalue weighted by Gasteiger charge is 2.36. The lowest BCUT2D eigenvalue weighted by molar-refractivity contribution is -0.147. The minimum atomic E-state index is -2.95. The second-order valence-corrected chi connectivity index (χ2v) is 7.52. The number of methoxy groups -OCH3 is 1. The molecule has 2 unspecified atom stereocenters. The van der Waals surface area contributed by atoms with Crippen LogP contribution >= 0.6 is 0 Å². The van der Waals surface area contributed by atoms with Crippen molar-refractivity contribution in [1.29, 1.82) is 0 Å². The Labute approximate surface area is 177 Å². The molecular formula is C22H22F2N2O5. The number of hydrogen-bond acceptors (Lipinski definition) is 6. The number of ether oxygens (including phenoxy) is 2. The highest BCUT2D eigenvalue weighted by molar-refractivity contribution is 5.76. The highest BCUT2D eigenvalue weighted by atomic mass is 19.3. The first-order chi connectivity index (χ1) is 14.7. The van der Waals surface area contributed by atoms with Gasteiger partial charge in [0.1, 0.15) is 11.4 Å². The fourth-order valence-corrected chi connectivity index (χ4v) is 3.62. The van der Waals surface area contributed by atoms with Crippen molar-refractivity contribution in [3.05, 3.63) is 64.6 Å². The second kappa shape index (κ2) is 9.20. The van der Waals surface area contributed by atoms with Gasteiger partial charge in [0.15, 0.2) is 0 Å². The van der Waals surface area contributed by atoms with Gasteiger partial charge < -0.3 is 14.4 Å². The molecule has 3 rings (SSSR count). The third-order valence-corrected chi connectivity index (χ3v) is 5.28. The Hall–Kier alpha value is -3.36. The lowest BCUT2D eigenvalue weighted by Gasteiger charge is -2.36. The average Bonchev–Trinajstić information content (AvgIpc) is 2.78. The fraction of sp³-hybridized carbons (Fsp3) is 0.364. The molecule has 0 saturated carbocycles. The zero-order valence-electron chi connectivity index (χ0n) is 17.1. The lowest BCUT2D eigenvalue weighted by Crippen LogP contribution is -2.46. The molecule has 2 aromatic rings. The molecule has 1 aliphatic rings. The highest BCUT2D eigenvalue weighted by Crippen LogP contribution is 2.34. The minimum Gasteiger partial charge on any atom is -0.469 e. The maximum atomic E-state index is 13.5. The van der Waals surface area contributed by atoms with Crippen molar-refractivity contribution in [3.8, 4) is 5.75 Å². The number of likely N-dealkylation sites (tertiary alicyclic amines) is 1. The molecular weight excluding hydrogens is 410 g/mol. The molecule has 7 nitrogen and oxygen atoms in total. The van der Waals surface area contributed by atoms with Gasteiger partial charge in [-0.3, -0.25) is 4.79 Å². The number of carbonyl (C=O) groups is 2. The summed E-state index contributed by atoms with van der Waals surface area (Å²) in [5.74, 6) is -4.02. The van der Waals surface area contributed by atoms with Crippen LogP contribution in [0.4, 0.5) is 19.3 Å². The van der Waals surface area contributed by atoms with E-state index in [-0.39, 0.29) is 36.0 Å². The predicted molar refractivity (Wildman–Crippen MR) is 108 cm³/mol. The van der Waals surface area contributed by atoms with E-state index in [2.05, 4.69) is 5.18 Å². The molecule has 1 fully saturated rings. The van der Waals surface area contributed by atoms with Crippen molar-refractivity contribution in [2.24, 2.45) is 11.1 Å². The van der Waals surface area contributed by atoms with Crippen LogP contribution in [0, 0.1) is 10.8 Å². The molecule has 0 spiro atoms. The summed E-state index contributed by atoms with van der Waals surface area (Å²) < 4.78 is 37.2. The van der Waals surface area contributed by atoms with Crippen molar-refractivity contribution >= 4 is 17.7 Å². The van der Waals surface area contributed by atoms with Gasteiger partial charge >= 0.3 is 12.1 Å². The molecule has 0 N–H and O–H groups in total. The largest absolute Gasteiger partial charge is 0.469 e. The normalized spacial score (nSPS) is 18.9. The van der Waals surface area contributed by atoms with E-state index >= 15 is 0 Å². The quantitative estimate of drug-likeness (QED) is 0.492. The van der Waals surface area contributed by atoms with E-state index in [9.17, 15) is 23.3 Å². The Morgan fingerprint density at radius 2 is 1.71 bits per heavy atom. The molecule has 31 heavy (non-hydrogen) atoms. The first-order valence-corrected chi connectivity index (χ1v) is 9.67. The van der Waals surface area contributed by atoms with E-state index in [4.69, 9.17) is 9.47 Å². The molecule has 1 saturated heterocycles. The zero-order valence-corrected chi connectivity index (χ0v) is 17.1. The Morgan fingerprint density at radius 1 is 1.06 bits per heavy atom. The van der Waals surface area contributed by atoms with Gasteiger partial charge in [-0.05, 0) is 41.4 Å². The number of halogens is 2. The number of esters is 1. The van der Waals surface area contributed by atoms with Gasteiger partial charge in [0.25, 0.3) is 5.92 Å². The summed E-state index contributed by atoms with van der Waals surface area (Å²) in [6.07, 6.45) is -0.250. The Morgan fingerprint density at radius 3 is 2.26 bits per heavy atom. The summed E-state index contributed by atoms with van der Waals surface area (Å²) in [6.45, 7) is 1.19. The molecule has 1 aliphatic heterocycles. The Kier molecular flexibility index (Phi) is 6.62. The summed E-state index contributed by atoms with van der Waals surface area (Å²) in [4.78, 5) is 36.8. The van der Waals surface area contributed by atoms with Gasteiger partial charge in [-0.25, -0.2) is 13.6 Å². The van der Waals surface area contributed by atoms with Gasteiger partial charge in [0.05, 0.1) is 13.0 Å². The van der Waals surface area contributed by atoms with Crippen LogP contribution in [0.25, 0.3) is 0 Å². The molecule has 2 atom stereocenters. The van der Waals surface area contributed by atoms with Gasteiger partial charge in [-0.2, -0.15) is 0 Å². The third-order valence-electron chi connectivity index (χ3n) is 5.28. The molecule has 0 radical (unpaired) electrons. The first kappa shape index (κ1) is 22.3. The third kappa shape index (κ3) is 5.42. The number of amides is 1. The van der Waals surface area contributed by atoms with Crippen molar-refractivity contribution in [1.82, 2.24) is 4.90 Å². The topological polar surface area (TPSA) is 85.3 Å². The molecule has 164 valence electrons. The van der Waals surface area contributed by atoms with Gasteiger partial charge in [0.2, 0.25) is 0 Å². The van der Waals surface area contributed by atoms with Crippen LogP contribution < -0.4 is 4.74 Å². The number of alkyl halides is 2. The smallest absolute Gasteiger partial charge is 0.415 e. The van der Waals surface area contributed by atoms with E-state index in [0.29, 0.717) is 6.42 Å². The van der Waals surface area contributed by atoms with Crippen molar-refractivity contribution in [3.63, 3.8) is 0 Å². The second-order valence-electron chi connectivity index (χ2n) is 7.52. The predicted octanol–water partition coefficient (Wildman–Crippen LogP) is 4.97. The number of benzene rings is 2. The number of hydrogen-bond donors (Lipinski definition) is 0. The van der Waals surface area contributed by atoms with Crippen molar-refractivity contribution in [2.45, 2.75) is 25.2 Å². The summed E-state index contributed by atoms with van der Waals surface area (Å²) in [5.41, 5.74) is 0.826. The van der Waals surface area contributed by atoms with E-state index in [1.165, 1.54) is 48.4 Å². The van der Waals surface area contributed by atoms with Crippen LogP contribution in [-0.4, -0.2) is 37.2 Å². The maximum Gasteiger partial charge on any atom is 0.415 e. The van der Waals surface area contributed by atoms with Gasteiger partial charge in [-0.15, -0.1) is 4.91 Å². The average molecular weight is 432 g/mol. The zero-order chi connectivity index (χ0) is 22.6.